The molecule has 1 amide bonds. The summed E-state index contributed by atoms with van der Waals surface area (Å²) in [6.45, 7) is 4.60. The number of carbonyl (C=O) groups is 2. The molecule has 0 heterocycles. The van der Waals surface area contributed by atoms with Crippen molar-refractivity contribution in [2.75, 3.05) is 13.2 Å². The van der Waals surface area contributed by atoms with Gasteiger partial charge in [0, 0.05) is 5.02 Å². The van der Waals surface area contributed by atoms with E-state index in [2.05, 4.69) is 10.5 Å². The summed E-state index contributed by atoms with van der Waals surface area (Å²) in [7, 11) is 0. The number of carbonyl (C=O) groups excluding carboxylic acids is 2. The molecule has 0 spiro atoms. The van der Waals surface area contributed by atoms with Crippen LogP contribution in [0, 0.1) is 0 Å². The molecule has 0 unspecified atom stereocenters. The molecule has 0 saturated carbocycles. The van der Waals surface area contributed by atoms with E-state index in [0.29, 0.717) is 40.9 Å². The summed E-state index contributed by atoms with van der Waals surface area (Å²) < 4.78 is 16.5. The third kappa shape index (κ3) is 6.73. The second-order valence-electron chi connectivity index (χ2n) is 6.81. The molecule has 0 aliphatic rings. The Labute approximate surface area is 207 Å². The van der Waals surface area contributed by atoms with E-state index in [-0.39, 0.29) is 16.3 Å². The average molecular weight is 501 g/mol. The number of halogens is 2. The maximum atomic E-state index is 12.5. The predicted octanol–water partition coefficient (Wildman–Crippen LogP) is 5.77. The number of benzene rings is 3. The average Bonchev–Trinajstić information content (AvgIpc) is 2.81. The van der Waals surface area contributed by atoms with Gasteiger partial charge in [-0.2, -0.15) is 5.10 Å². The van der Waals surface area contributed by atoms with Crippen molar-refractivity contribution < 1.29 is 23.8 Å². The van der Waals surface area contributed by atoms with Crippen LogP contribution in [0.3, 0.4) is 0 Å². The molecule has 0 aliphatic heterocycles. The second-order valence-corrected chi connectivity index (χ2v) is 7.65. The van der Waals surface area contributed by atoms with Crippen LogP contribution in [-0.2, 0) is 0 Å². The molecule has 7 nitrogen and oxygen atoms in total. The summed E-state index contributed by atoms with van der Waals surface area (Å²) in [4.78, 5) is 24.8. The van der Waals surface area contributed by atoms with Gasteiger partial charge in [-0.1, -0.05) is 23.2 Å². The number of esters is 1. The first-order valence-electron chi connectivity index (χ1n) is 10.4. The molecular weight excluding hydrogens is 479 g/mol. The molecule has 0 aromatic heterocycles. The van der Waals surface area contributed by atoms with Crippen LogP contribution in [0.5, 0.6) is 17.2 Å². The summed E-state index contributed by atoms with van der Waals surface area (Å²) in [5.41, 5.74) is 3.65. The van der Waals surface area contributed by atoms with E-state index in [4.69, 9.17) is 37.4 Å². The van der Waals surface area contributed by atoms with E-state index >= 15 is 0 Å². The van der Waals surface area contributed by atoms with Gasteiger partial charge >= 0.3 is 5.97 Å². The van der Waals surface area contributed by atoms with Crippen molar-refractivity contribution in [2.24, 2.45) is 5.10 Å². The maximum Gasteiger partial charge on any atom is 0.343 e. The second kappa shape index (κ2) is 12.1. The quantitative estimate of drug-likeness (QED) is 0.174. The number of nitrogens with one attached hydrogen (secondary N) is 1. The smallest absolute Gasteiger partial charge is 0.343 e. The Kier molecular flexibility index (Phi) is 8.90. The molecule has 0 atom stereocenters. The molecule has 0 radical (unpaired) electrons. The third-order valence-electron chi connectivity index (χ3n) is 4.43. The Bertz CT molecular complexity index is 1200. The van der Waals surface area contributed by atoms with E-state index in [1.54, 1.807) is 48.5 Å². The molecule has 0 saturated heterocycles. The van der Waals surface area contributed by atoms with Crippen LogP contribution in [0.2, 0.25) is 10.0 Å². The Hall–Kier alpha value is -3.55. The van der Waals surface area contributed by atoms with Crippen LogP contribution in [0.1, 0.15) is 40.1 Å². The van der Waals surface area contributed by atoms with E-state index in [1.807, 2.05) is 13.8 Å². The fourth-order valence-corrected chi connectivity index (χ4v) is 3.36. The van der Waals surface area contributed by atoms with Crippen LogP contribution in [-0.4, -0.2) is 31.3 Å². The summed E-state index contributed by atoms with van der Waals surface area (Å²) >= 11 is 11.9. The maximum absolute atomic E-state index is 12.5. The zero-order valence-electron chi connectivity index (χ0n) is 18.5. The molecule has 0 bridgehead atoms. The van der Waals surface area contributed by atoms with Crippen molar-refractivity contribution in [1.82, 2.24) is 5.43 Å². The Morgan fingerprint density at radius 1 is 0.912 bits per heavy atom. The lowest BCUT2D eigenvalue weighted by molar-refractivity contribution is 0.0728. The number of nitrogens with zero attached hydrogens (tertiary/aromatic N) is 1. The van der Waals surface area contributed by atoms with Crippen molar-refractivity contribution in [2.45, 2.75) is 13.8 Å². The third-order valence-corrected chi connectivity index (χ3v) is 4.97. The molecule has 9 heteroatoms. The molecule has 3 aromatic rings. The molecule has 0 aliphatic carbocycles. The van der Waals surface area contributed by atoms with E-state index in [0.717, 1.165) is 0 Å². The molecule has 1 N–H and O–H groups in total. The number of amides is 1. The standard InChI is InChI=1S/C25H22Cl2N2O5/c1-3-32-19-9-6-17(7-10-19)25(31)34-22-12-5-16(13-23(22)33-4-2)15-28-29-24(30)20-11-8-18(26)14-21(20)27/h5-15H,3-4H2,1-2H3,(H,29,30)/b28-15-. The van der Waals surface area contributed by atoms with Crippen molar-refractivity contribution in [1.29, 1.82) is 0 Å². The first-order valence-corrected chi connectivity index (χ1v) is 11.2. The van der Waals surface area contributed by atoms with E-state index < -0.39 is 11.9 Å². The fraction of sp³-hybridized carbons (Fsp3) is 0.160. The Morgan fingerprint density at radius 3 is 2.32 bits per heavy atom. The van der Waals surface area contributed by atoms with Crippen LogP contribution in [0.4, 0.5) is 0 Å². The SMILES string of the molecule is CCOc1ccc(C(=O)Oc2ccc(/C=N\NC(=O)c3ccc(Cl)cc3Cl)cc2OCC)cc1. The van der Waals surface area contributed by atoms with Gasteiger partial charge in [0.1, 0.15) is 5.75 Å². The molecular formula is C25H22Cl2N2O5. The van der Waals surface area contributed by atoms with Crippen molar-refractivity contribution in [3.05, 3.63) is 87.4 Å². The van der Waals surface area contributed by atoms with Crippen molar-refractivity contribution in [3.8, 4) is 17.2 Å². The molecule has 3 aromatic carbocycles. The molecule has 3 rings (SSSR count). The first kappa shape index (κ1) is 25.1. The number of ether oxygens (including phenoxy) is 3. The van der Waals surface area contributed by atoms with E-state index in [9.17, 15) is 9.59 Å². The Morgan fingerprint density at radius 2 is 1.65 bits per heavy atom. The van der Waals surface area contributed by atoms with E-state index in [1.165, 1.54) is 18.3 Å². The zero-order valence-corrected chi connectivity index (χ0v) is 20.0. The molecule has 176 valence electrons. The molecule has 34 heavy (non-hydrogen) atoms. The van der Waals surface area contributed by atoms with Gasteiger partial charge in [-0.15, -0.1) is 0 Å². The summed E-state index contributed by atoms with van der Waals surface area (Å²) in [6.07, 6.45) is 1.43. The van der Waals surface area contributed by atoms with Gasteiger partial charge in [0.25, 0.3) is 5.91 Å². The number of hydrogen-bond donors (Lipinski definition) is 1. The zero-order chi connectivity index (χ0) is 24.5. The van der Waals surface area contributed by atoms with Gasteiger partial charge in [-0.3, -0.25) is 4.79 Å². The van der Waals surface area contributed by atoms with Gasteiger partial charge in [-0.25, -0.2) is 10.2 Å². The largest absolute Gasteiger partial charge is 0.494 e. The highest BCUT2D eigenvalue weighted by Gasteiger charge is 2.14. The van der Waals surface area contributed by atoms with Gasteiger partial charge in [0.2, 0.25) is 0 Å². The molecule has 0 fully saturated rings. The summed E-state index contributed by atoms with van der Waals surface area (Å²) in [5, 5.41) is 4.60. The van der Waals surface area contributed by atoms with Gasteiger partial charge in [0.05, 0.1) is 35.6 Å². The fourth-order valence-electron chi connectivity index (χ4n) is 2.87. The lowest BCUT2D eigenvalue weighted by atomic mass is 10.2. The van der Waals surface area contributed by atoms with Gasteiger partial charge in [-0.05, 0) is 80.1 Å². The number of rotatable bonds is 9. The topological polar surface area (TPSA) is 86.2 Å². The van der Waals surface area contributed by atoms with Crippen LogP contribution < -0.4 is 19.6 Å². The highest BCUT2D eigenvalue weighted by atomic mass is 35.5. The first-order chi connectivity index (χ1) is 16.4. The summed E-state index contributed by atoms with van der Waals surface area (Å²) in [6, 6.07) is 16.1. The summed E-state index contributed by atoms with van der Waals surface area (Å²) in [5.74, 6) is 0.275. The normalized spacial score (nSPS) is 10.7. The van der Waals surface area contributed by atoms with Gasteiger partial charge in [0.15, 0.2) is 11.5 Å². The highest BCUT2D eigenvalue weighted by Crippen LogP contribution is 2.29. The minimum absolute atomic E-state index is 0.220. The van der Waals surface area contributed by atoms with Crippen molar-refractivity contribution in [3.63, 3.8) is 0 Å². The lowest BCUT2D eigenvalue weighted by Gasteiger charge is -2.11. The van der Waals surface area contributed by atoms with Crippen LogP contribution in [0.25, 0.3) is 0 Å². The van der Waals surface area contributed by atoms with Crippen LogP contribution >= 0.6 is 23.2 Å². The number of hydrazone groups is 1. The highest BCUT2D eigenvalue weighted by molar-refractivity contribution is 6.36. The minimum Gasteiger partial charge on any atom is -0.494 e. The number of hydrogen-bond acceptors (Lipinski definition) is 6. The predicted molar refractivity (Wildman–Crippen MR) is 132 cm³/mol. The Balaban J connectivity index is 1.69. The monoisotopic (exact) mass is 500 g/mol. The lowest BCUT2D eigenvalue weighted by Crippen LogP contribution is -2.18. The van der Waals surface area contributed by atoms with Crippen LogP contribution in [0.15, 0.2) is 65.8 Å². The minimum atomic E-state index is -0.530. The van der Waals surface area contributed by atoms with Gasteiger partial charge < -0.3 is 14.2 Å². The van der Waals surface area contributed by atoms with Crippen molar-refractivity contribution >= 4 is 41.3 Å².